The molecule has 3 N–H and O–H groups in total. The van der Waals surface area contributed by atoms with Crippen molar-refractivity contribution >= 4 is 5.91 Å². The summed E-state index contributed by atoms with van der Waals surface area (Å²) < 4.78 is 10.5. The minimum Gasteiger partial charge on any atom is -0.379 e. The molecule has 0 bridgehead atoms. The summed E-state index contributed by atoms with van der Waals surface area (Å²) in [5.41, 5.74) is 5.11. The number of hydrogen-bond acceptors (Lipinski definition) is 4. The Bertz CT molecular complexity index is 165. The first-order chi connectivity index (χ1) is 7.22. The van der Waals surface area contributed by atoms with Crippen LogP contribution >= 0.6 is 0 Å². The van der Waals surface area contributed by atoms with Crippen molar-refractivity contribution in [2.45, 2.75) is 25.8 Å². The van der Waals surface area contributed by atoms with Gasteiger partial charge in [0.05, 0.1) is 19.8 Å². The Labute approximate surface area is 91.3 Å². The fraction of sp³-hybridized carbons (Fsp3) is 0.900. The van der Waals surface area contributed by atoms with E-state index in [2.05, 4.69) is 12.2 Å². The largest absolute Gasteiger partial charge is 0.379 e. The van der Waals surface area contributed by atoms with Crippen LogP contribution in [0.25, 0.3) is 0 Å². The fourth-order valence-corrected chi connectivity index (χ4v) is 0.975. The van der Waals surface area contributed by atoms with Gasteiger partial charge < -0.3 is 20.5 Å². The number of nitrogens with two attached hydrogens (primary N) is 1. The number of carbonyl (C=O) groups is 1. The van der Waals surface area contributed by atoms with Crippen molar-refractivity contribution in [3.8, 4) is 0 Å². The number of likely N-dealkylation sites (N-methyl/N-ethyl adjacent to an activating group) is 1. The third kappa shape index (κ3) is 8.35. The highest BCUT2D eigenvalue weighted by Gasteiger charge is 2.11. The molecule has 0 saturated carbocycles. The smallest absolute Gasteiger partial charge is 0.236 e. The molecule has 1 unspecified atom stereocenters. The van der Waals surface area contributed by atoms with Crippen LogP contribution in [-0.4, -0.2) is 45.4 Å². The molecule has 1 amide bonds. The molecular weight excluding hydrogens is 196 g/mol. The van der Waals surface area contributed by atoms with Crippen LogP contribution in [0.5, 0.6) is 0 Å². The van der Waals surface area contributed by atoms with Gasteiger partial charge in [0.15, 0.2) is 0 Å². The number of unbranched alkanes of at least 4 members (excludes halogenated alkanes) is 1. The Morgan fingerprint density at radius 1 is 1.33 bits per heavy atom. The van der Waals surface area contributed by atoms with Crippen LogP contribution in [0.15, 0.2) is 0 Å². The number of primary amides is 1. The maximum atomic E-state index is 10.8. The molecule has 0 aromatic carbocycles. The van der Waals surface area contributed by atoms with Crippen LogP contribution in [0.2, 0.25) is 0 Å². The average Bonchev–Trinajstić information content (AvgIpc) is 2.21. The summed E-state index contributed by atoms with van der Waals surface area (Å²) in [6, 6.07) is -0.416. The van der Waals surface area contributed by atoms with Gasteiger partial charge in [-0.2, -0.15) is 0 Å². The summed E-state index contributed by atoms with van der Waals surface area (Å²) in [6.07, 6.45) is 2.20. The summed E-state index contributed by atoms with van der Waals surface area (Å²) in [6.45, 7) is 4.24. The molecule has 0 aromatic rings. The van der Waals surface area contributed by atoms with Gasteiger partial charge in [0.25, 0.3) is 0 Å². The molecule has 0 aliphatic rings. The third-order valence-corrected chi connectivity index (χ3v) is 1.99. The van der Waals surface area contributed by atoms with Crippen molar-refractivity contribution < 1.29 is 14.3 Å². The lowest BCUT2D eigenvalue weighted by Crippen LogP contribution is -2.42. The molecule has 0 rings (SSSR count). The second-order valence-corrected chi connectivity index (χ2v) is 3.28. The highest BCUT2D eigenvalue weighted by atomic mass is 16.5. The van der Waals surface area contributed by atoms with Crippen molar-refractivity contribution in [3.05, 3.63) is 0 Å². The lowest BCUT2D eigenvalue weighted by atomic mass is 10.3. The molecule has 0 radical (unpaired) electrons. The Morgan fingerprint density at radius 2 is 2.00 bits per heavy atom. The van der Waals surface area contributed by atoms with Crippen LogP contribution in [0.3, 0.4) is 0 Å². The van der Waals surface area contributed by atoms with E-state index in [1.165, 1.54) is 0 Å². The highest BCUT2D eigenvalue weighted by molar-refractivity contribution is 5.79. The van der Waals surface area contributed by atoms with E-state index in [-0.39, 0.29) is 0 Å². The van der Waals surface area contributed by atoms with E-state index < -0.39 is 11.9 Å². The summed E-state index contributed by atoms with van der Waals surface area (Å²) in [4.78, 5) is 10.8. The van der Waals surface area contributed by atoms with Crippen LogP contribution in [0.1, 0.15) is 19.8 Å². The van der Waals surface area contributed by atoms with Crippen LogP contribution in [0.4, 0.5) is 0 Å². The van der Waals surface area contributed by atoms with Crippen molar-refractivity contribution in [3.63, 3.8) is 0 Å². The van der Waals surface area contributed by atoms with E-state index in [4.69, 9.17) is 15.2 Å². The Hall–Kier alpha value is -0.650. The number of rotatable bonds is 10. The number of ether oxygens (including phenoxy) is 2. The standard InChI is InChI=1S/C10H22N2O3/c1-3-4-5-14-6-7-15-8-9(12-2)10(11)13/h9,12H,3-8H2,1-2H3,(H2,11,13). The number of hydrogen-bond donors (Lipinski definition) is 2. The Morgan fingerprint density at radius 3 is 2.53 bits per heavy atom. The van der Waals surface area contributed by atoms with Gasteiger partial charge in [-0.3, -0.25) is 4.79 Å². The lowest BCUT2D eigenvalue weighted by Gasteiger charge is -2.12. The van der Waals surface area contributed by atoms with Crippen LogP contribution in [0, 0.1) is 0 Å². The predicted octanol–water partition coefficient (Wildman–Crippen LogP) is -0.107. The maximum Gasteiger partial charge on any atom is 0.236 e. The summed E-state index contributed by atoms with van der Waals surface area (Å²) in [7, 11) is 1.68. The van der Waals surface area contributed by atoms with E-state index in [1.54, 1.807) is 7.05 Å². The van der Waals surface area contributed by atoms with E-state index in [1.807, 2.05) is 0 Å². The summed E-state index contributed by atoms with van der Waals surface area (Å²) in [5, 5.41) is 2.77. The van der Waals surface area contributed by atoms with Gasteiger partial charge in [-0.05, 0) is 13.5 Å². The molecule has 0 fully saturated rings. The molecule has 0 aromatic heterocycles. The molecule has 1 atom stereocenters. The van der Waals surface area contributed by atoms with Gasteiger partial charge >= 0.3 is 0 Å². The molecular formula is C10H22N2O3. The summed E-state index contributed by atoms with van der Waals surface area (Å²) >= 11 is 0. The lowest BCUT2D eigenvalue weighted by molar-refractivity contribution is -0.121. The van der Waals surface area contributed by atoms with Gasteiger partial charge in [-0.1, -0.05) is 13.3 Å². The molecule has 0 saturated heterocycles. The van der Waals surface area contributed by atoms with Gasteiger partial charge in [-0.15, -0.1) is 0 Å². The monoisotopic (exact) mass is 218 g/mol. The maximum absolute atomic E-state index is 10.8. The molecule has 15 heavy (non-hydrogen) atoms. The first-order valence-corrected chi connectivity index (χ1v) is 5.34. The molecule has 90 valence electrons. The van der Waals surface area contributed by atoms with Crippen molar-refractivity contribution in [2.24, 2.45) is 5.73 Å². The van der Waals surface area contributed by atoms with Gasteiger partial charge in [0.1, 0.15) is 6.04 Å². The van der Waals surface area contributed by atoms with E-state index in [0.29, 0.717) is 19.8 Å². The van der Waals surface area contributed by atoms with E-state index >= 15 is 0 Å². The molecule has 0 heterocycles. The molecule has 0 aliphatic carbocycles. The van der Waals surface area contributed by atoms with Crippen LogP contribution < -0.4 is 11.1 Å². The zero-order valence-corrected chi connectivity index (χ0v) is 9.62. The van der Waals surface area contributed by atoms with Crippen molar-refractivity contribution in [2.75, 3.05) is 33.5 Å². The molecule has 0 spiro atoms. The third-order valence-electron chi connectivity index (χ3n) is 1.99. The zero-order chi connectivity index (χ0) is 11.5. The second kappa shape index (κ2) is 9.89. The van der Waals surface area contributed by atoms with E-state index in [0.717, 1.165) is 19.4 Å². The fourth-order valence-electron chi connectivity index (χ4n) is 0.975. The first kappa shape index (κ1) is 14.3. The SMILES string of the molecule is CCCCOCCOCC(NC)C(N)=O. The summed E-state index contributed by atoms with van der Waals surface area (Å²) in [5.74, 6) is -0.399. The van der Waals surface area contributed by atoms with Gasteiger partial charge in [0, 0.05) is 6.61 Å². The normalized spacial score (nSPS) is 12.7. The second-order valence-electron chi connectivity index (χ2n) is 3.28. The highest BCUT2D eigenvalue weighted by Crippen LogP contribution is 1.89. The van der Waals surface area contributed by atoms with Crippen LogP contribution in [-0.2, 0) is 14.3 Å². The minimum atomic E-state index is -0.416. The van der Waals surface area contributed by atoms with E-state index in [9.17, 15) is 4.79 Å². The van der Waals surface area contributed by atoms with Gasteiger partial charge in [0.2, 0.25) is 5.91 Å². The first-order valence-electron chi connectivity index (χ1n) is 5.34. The minimum absolute atomic E-state index is 0.295. The zero-order valence-electron chi connectivity index (χ0n) is 9.62. The quantitative estimate of drug-likeness (QED) is 0.502. The Balaban J connectivity index is 3.25. The predicted molar refractivity (Wildman–Crippen MR) is 58.6 cm³/mol. The molecule has 5 heteroatoms. The number of amides is 1. The topological polar surface area (TPSA) is 73.6 Å². The Kier molecular flexibility index (Phi) is 9.46. The molecule has 0 aliphatic heterocycles. The van der Waals surface area contributed by atoms with Gasteiger partial charge in [-0.25, -0.2) is 0 Å². The average molecular weight is 218 g/mol. The van der Waals surface area contributed by atoms with Crippen molar-refractivity contribution in [1.82, 2.24) is 5.32 Å². The number of carbonyl (C=O) groups excluding carboxylic acids is 1. The van der Waals surface area contributed by atoms with Crippen molar-refractivity contribution in [1.29, 1.82) is 0 Å². The number of nitrogens with one attached hydrogen (secondary N) is 1. The molecule has 5 nitrogen and oxygen atoms in total.